The van der Waals surface area contributed by atoms with Gasteiger partial charge in [0, 0.05) is 41.2 Å². The van der Waals surface area contributed by atoms with Crippen LogP contribution in [0.2, 0.25) is 0 Å². The minimum Gasteiger partial charge on any atom is -0.310 e. The van der Waals surface area contributed by atoms with E-state index in [0.717, 1.165) is 11.6 Å². The second kappa shape index (κ2) is 3.69. The van der Waals surface area contributed by atoms with Gasteiger partial charge in [-0.25, -0.2) is 9.97 Å². The summed E-state index contributed by atoms with van der Waals surface area (Å²) in [5.74, 6) is 2.10. The van der Waals surface area contributed by atoms with Crippen LogP contribution in [0.15, 0.2) is 55.1 Å². The number of rotatable bonds is 1. The summed E-state index contributed by atoms with van der Waals surface area (Å²) in [6.45, 7) is 4.77. The summed E-state index contributed by atoms with van der Waals surface area (Å²) in [7, 11) is 0. The molecule has 0 spiro atoms. The van der Waals surface area contributed by atoms with E-state index in [1.165, 1.54) is 12.0 Å². The minimum absolute atomic E-state index is 0.205. The maximum atomic E-state index is 4.67. The summed E-state index contributed by atoms with van der Waals surface area (Å²) in [6.07, 6.45) is 9.48. The second-order valence-electron chi connectivity index (χ2n) is 6.98. The Kier molecular flexibility index (Phi) is 2.05. The van der Waals surface area contributed by atoms with Gasteiger partial charge in [0.25, 0.3) is 0 Å². The lowest BCUT2D eigenvalue weighted by atomic mass is 9.83. The molecule has 22 heavy (non-hydrogen) atoms. The second-order valence-corrected chi connectivity index (χ2v) is 6.98. The molecule has 110 valence electrons. The van der Waals surface area contributed by atoms with Crippen LogP contribution in [0.3, 0.4) is 0 Å². The largest absolute Gasteiger partial charge is 0.310 e. The van der Waals surface area contributed by atoms with Gasteiger partial charge in [-0.3, -0.25) is 0 Å². The molecule has 0 radical (unpaired) electrons. The highest BCUT2D eigenvalue weighted by atomic mass is 15.4. The first-order chi connectivity index (χ1) is 10.7. The number of anilines is 2. The van der Waals surface area contributed by atoms with Crippen LogP contribution in [0, 0.1) is 5.41 Å². The Labute approximate surface area is 130 Å². The Morgan fingerprint density at radius 3 is 2.64 bits per heavy atom. The van der Waals surface area contributed by atoms with Gasteiger partial charge in [0.1, 0.15) is 17.8 Å². The van der Waals surface area contributed by atoms with Crippen LogP contribution in [0.5, 0.6) is 0 Å². The summed E-state index contributed by atoms with van der Waals surface area (Å²) in [4.78, 5) is 13.8. The topological polar surface area (TPSA) is 32.3 Å². The number of hydrogen-bond donors (Lipinski definition) is 0. The van der Waals surface area contributed by atoms with E-state index >= 15 is 0 Å². The summed E-state index contributed by atoms with van der Waals surface area (Å²) >= 11 is 0. The smallest absolute Gasteiger partial charge is 0.138 e. The molecule has 5 rings (SSSR count). The van der Waals surface area contributed by atoms with E-state index in [9.17, 15) is 0 Å². The fourth-order valence-corrected chi connectivity index (χ4v) is 4.45. The van der Waals surface area contributed by atoms with Crippen molar-refractivity contribution in [3.05, 3.63) is 60.7 Å². The SMILES string of the molecule is CC12CC1(C)C1N(c3ccccn3)C=CN1c1ncccc12. The van der Waals surface area contributed by atoms with Gasteiger partial charge in [-0.2, -0.15) is 0 Å². The molecule has 0 amide bonds. The minimum atomic E-state index is 0.205. The zero-order chi connectivity index (χ0) is 14.9. The molecule has 4 nitrogen and oxygen atoms in total. The van der Waals surface area contributed by atoms with Gasteiger partial charge < -0.3 is 9.80 Å². The zero-order valence-corrected chi connectivity index (χ0v) is 12.8. The Balaban J connectivity index is 1.68. The number of aromatic nitrogens is 2. The van der Waals surface area contributed by atoms with Crippen molar-refractivity contribution in [3.63, 3.8) is 0 Å². The number of pyridine rings is 2. The van der Waals surface area contributed by atoms with Gasteiger partial charge >= 0.3 is 0 Å². The fourth-order valence-electron chi connectivity index (χ4n) is 4.45. The first-order valence-electron chi connectivity index (χ1n) is 7.77. The average molecular weight is 290 g/mol. The van der Waals surface area contributed by atoms with Crippen LogP contribution in [0.25, 0.3) is 0 Å². The van der Waals surface area contributed by atoms with Crippen LogP contribution in [0.1, 0.15) is 25.8 Å². The molecule has 2 aliphatic heterocycles. The molecule has 4 heteroatoms. The molecular formula is C18H18N4. The van der Waals surface area contributed by atoms with Crippen molar-refractivity contribution in [2.45, 2.75) is 31.8 Å². The summed E-state index contributed by atoms with van der Waals surface area (Å²) in [5, 5.41) is 0. The Morgan fingerprint density at radius 1 is 1.00 bits per heavy atom. The normalized spacial score (nSPS) is 34.2. The monoisotopic (exact) mass is 290 g/mol. The Morgan fingerprint density at radius 2 is 1.82 bits per heavy atom. The Bertz CT molecular complexity index is 787. The van der Waals surface area contributed by atoms with Crippen molar-refractivity contribution in [3.8, 4) is 0 Å². The fraction of sp³-hybridized carbons (Fsp3) is 0.333. The van der Waals surface area contributed by atoms with E-state index < -0.39 is 0 Å². The van der Waals surface area contributed by atoms with E-state index in [4.69, 9.17) is 0 Å². The van der Waals surface area contributed by atoms with Gasteiger partial charge in [-0.15, -0.1) is 0 Å². The highest BCUT2D eigenvalue weighted by Gasteiger charge is 2.72. The molecule has 3 unspecified atom stereocenters. The third-order valence-corrected chi connectivity index (χ3v) is 5.88. The first-order valence-corrected chi connectivity index (χ1v) is 7.77. The standard InChI is InChI=1S/C18H18N4/c1-17-12-18(17,2)16-21(14-7-3-4-8-19-14)10-11-22(16)15-13(17)6-5-9-20-15/h3-11,16H,12H2,1-2H3. The molecular weight excluding hydrogens is 272 g/mol. The predicted molar refractivity (Wildman–Crippen MR) is 86.4 cm³/mol. The first kappa shape index (κ1) is 12.2. The summed E-state index contributed by atoms with van der Waals surface area (Å²) in [5.41, 5.74) is 1.79. The van der Waals surface area contributed by atoms with Crippen molar-refractivity contribution in [1.29, 1.82) is 0 Å². The van der Waals surface area contributed by atoms with Gasteiger partial charge in [0.15, 0.2) is 0 Å². The molecule has 1 saturated carbocycles. The highest BCUT2D eigenvalue weighted by Crippen LogP contribution is 2.72. The van der Waals surface area contributed by atoms with Crippen molar-refractivity contribution in [1.82, 2.24) is 9.97 Å². The number of hydrogen-bond acceptors (Lipinski definition) is 4. The number of fused-ring (bicyclic) bond motifs is 6. The molecule has 1 aliphatic carbocycles. The lowest BCUT2D eigenvalue weighted by molar-refractivity contribution is 0.365. The van der Waals surface area contributed by atoms with Crippen molar-refractivity contribution in [2.75, 3.05) is 9.80 Å². The van der Waals surface area contributed by atoms with E-state index in [0.29, 0.717) is 0 Å². The third kappa shape index (κ3) is 1.24. The molecule has 3 atom stereocenters. The van der Waals surface area contributed by atoms with E-state index in [1.807, 2.05) is 24.5 Å². The van der Waals surface area contributed by atoms with Gasteiger partial charge in [-0.05, 0) is 24.6 Å². The van der Waals surface area contributed by atoms with Gasteiger partial charge in [0.2, 0.25) is 0 Å². The van der Waals surface area contributed by atoms with E-state index in [-0.39, 0.29) is 17.0 Å². The Hall–Kier alpha value is -2.36. The van der Waals surface area contributed by atoms with Crippen LogP contribution in [-0.4, -0.2) is 16.1 Å². The summed E-state index contributed by atoms with van der Waals surface area (Å²) < 4.78 is 0. The molecule has 1 fully saturated rings. The van der Waals surface area contributed by atoms with Gasteiger partial charge in [0.05, 0.1) is 0 Å². The summed E-state index contributed by atoms with van der Waals surface area (Å²) in [6, 6.07) is 10.4. The molecule has 0 N–H and O–H groups in total. The molecule has 0 saturated heterocycles. The molecule has 2 aromatic heterocycles. The lowest BCUT2D eigenvalue weighted by Gasteiger charge is -2.43. The predicted octanol–water partition coefficient (Wildman–Crippen LogP) is 3.28. The highest BCUT2D eigenvalue weighted by molar-refractivity contribution is 5.68. The quantitative estimate of drug-likeness (QED) is 0.807. The molecule has 0 aromatic carbocycles. The van der Waals surface area contributed by atoms with Crippen LogP contribution < -0.4 is 9.80 Å². The van der Waals surface area contributed by atoms with Crippen molar-refractivity contribution >= 4 is 11.6 Å². The van der Waals surface area contributed by atoms with Crippen molar-refractivity contribution in [2.24, 2.45) is 5.41 Å². The molecule has 3 aliphatic rings. The average Bonchev–Trinajstić information content (AvgIpc) is 2.94. The third-order valence-electron chi connectivity index (χ3n) is 5.88. The molecule has 2 aromatic rings. The maximum Gasteiger partial charge on any atom is 0.138 e. The zero-order valence-electron chi connectivity index (χ0n) is 12.8. The van der Waals surface area contributed by atoms with Crippen LogP contribution in [-0.2, 0) is 5.41 Å². The number of nitrogens with zero attached hydrogens (tertiary/aromatic N) is 4. The molecule has 4 heterocycles. The van der Waals surface area contributed by atoms with Crippen LogP contribution >= 0.6 is 0 Å². The van der Waals surface area contributed by atoms with E-state index in [2.05, 4.69) is 64.2 Å². The van der Waals surface area contributed by atoms with Crippen molar-refractivity contribution < 1.29 is 0 Å². The van der Waals surface area contributed by atoms with Crippen LogP contribution in [0.4, 0.5) is 11.6 Å². The molecule has 0 bridgehead atoms. The lowest BCUT2D eigenvalue weighted by Crippen LogP contribution is -2.51. The maximum absolute atomic E-state index is 4.67. The van der Waals surface area contributed by atoms with Gasteiger partial charge in [-0.1, -0.05) is 26.0 Å². The van der Waals surface area contributed by atoms with E-state index in [1.54, 1.807) is 0 Å².